The van der Waals surface area contributed by atoms with Gasteiger partial charge in [0.15, 0.2) is 0 Å². The molecule has 0 unspecified atom stereocenters. The topological polar surface area (TPSA) is 38.3 Å². The molecule has 0 aromatic heterocycles. The zero-order valence-electron chi connectivity index (χ0n) is 16.9. The Kier molecular flexibility index (Phi) is 6.26. The molecule has 0 saturated heterocycles. The smallest absolute Gasteiger partial charge is 0.235 e. The third kappa shape index (κ3) is 4.16. The number of benzene rings is 2. The summed E-state index contributed by atoms with van der Waals surface area (Å²) in [5.74, 6) is 0.870. The number of carbonyl (C=O) groups is 1. The standard InChI is InChI=1S/C23H27Cl2NO2/c1-14(2)28-21-15(3)11-18(12-16(21)4)26-22(27)23(9-5-6-10-23)19-8-7-17(24)13-20(19)25/h7-8,11-14H,5-6,9-10H2,1-4H3,(H,26,27). The van der Waals surface area contributed by atoms with E-state index in [2.05, 4.69) is 5.32 Å². The summed E-state index contributed by atoms with van der Waals surface area (Å²) >= 11 is 12.6. The Morgan fingerprint density at radius 3 is 2.21 bits per heavy atom. The van der Waals surface area contributed by atoms with Crippen molar-refractivity contribution in [2.75, 3.05) is 5.32 Å². The van der Waals surface area contributed by atoms with Gasteiger partial charge in [-0.2, -0.15) is 0 Å². The average Bonchev–Trinajstić information content (AvgIpc) is 3.09. The molecule has 1 aliphatic carbocycles. The molecule has 1 fully saturated rings. The van der Waals surface area contributed by atoms with Crippen molar-refractivity contribution in [3.8, 4) is 5.75 Å². The molecule has 0 bridgehead atoms. The molecule has 2 aromatic carbocycles. The molecule has 0 atom stereocenters. The van der Waals surface area contributed by atoms with E-state index >= 15 is 0 Å². The van der Waals surface area contributed by atoms with Crippen LogP contribution >= 0.6 is 23.2 Å². The van der Waals surface area contributed by atoms with Gasteiger partial charge in [-0.1, -0.05) is 42.1 Å². The molecule has 3 nitrogen and oxygen atoms in total. The predicted molar refractivity (Wildman–Crippen MR) is 117 cm³/mol. The van der Waals surface area contributed by atoms with E-state index in [0.717, 1.165) is 53.8 Å². The van der Waals surface area contributed by atoms with Crippen LogP contribution < -0.4 is 10.1 Å². The summed E-state index contributed by atoms with van der Waals surface area (Å²) < 4.78 is 5.91. The first-order chi connectivity index (χ1) is 13.2. The largest absolute Gasteiger partial charge is 0.490 e. The zero-order chi connectivity index (χ0) is 20.5. The fourth-order valence-corrected chi connectivity index (χ4v) is 4.76. The van der Waals surface area contributed by atoms with Crippen molar-refractivity contribution in [1.29, 1.82) is 0 Å². The lowest BCUT2D eigenvalue weighted by molar-refractivity contribution is -0.121. The highest BCUT2D eigenvalue weighted by Gasteiger charge is 2.44. The number of hydrogen-bond acceptors (Lipinski definition) is 2. The number of halogens is 2. The van der Waals surface area contributed by atoms with Crippen molar-refractivity contribution in [2.45, 2.75) is 64.9 Å². The molecule has 1 aliphatic rings. The van der Waals surface area contributed by atoms with Gasteiger partial charge < -0.3 is 10.1 Å². The summed E-state index contributed by atoms with van der Waals surface area (Å²) in [5.41, 5.74) is 3.05. The highest BCUT2D eigenvalue weighted by molar-refractivity contribution is 6.35. The molecule has 0 heterocycles. The number of nitrogens with one attached hydrogen (secondary N) is 1. The van der Waals surface area contributed by atoms with E-state index in [1.807, 2.05) is 52.0 Å². The van der Waals surface area contributed by atoms with Crippen molar-refractivity contribution in [2.24, 2.45) is 0 Å². The van der Waals surface area contributed by atoms with E-state index in [4.69, 9.17) is 27.9 Å². The number of ether oxygens (including phenoxy) is 1. The molecule has 0 aliphatic heterocycles. The molecule has 5 heteroatoms. The first-order valence-electron chi connectivity index (χ1n) is 9.78. The number of aryl methyl sites for hydroxylation is 2. The lowest BCUT2D eigenvalue weighted by atomic mass is 9.78. The second kappa shape index (κ2) is 8.34. The maximum atomic E-state index is 13.4. The maximum Gasteiger partial charge on any atom is 0.235 e. The first-order valence-corrected chi connectivity index (χ1v) is 10.5. The monoisotopic (exact) mass is 419 g/mol. The van der Waals surface area contributed by atoms with E-state index < -0.39 is 5.41 Å². The van der Waals surface area contributed by atoms with E-state index in [-0.39, 0.29) is 12.0 Å². The second-order valence-electron chi connectivity index (χ2n) is 7.97. The van der Waals surface area contributed by atoms with Crippen LogP contribution in [0.5, 0.6) is 5.75 Å². The van der Waals surface area contributed by atoms with Gasteiger partial charge in [-0.3, -0.25) is 4.79 Å². The minimum atomic E-state index is -0.614. The van der Waals surface area contributed by atoms with Crippen LogP contribution in [0.25, 0.3) is 0 Å². The van der Waals surface area contributed by atoms with Crippen LogP contribution in [-0.4, -0.2) is 12.0 Å². The van der Waals surface area contributed by atoms with Gasteiger partial charge in [-0.15, -0.1) is 0 Å². The minimum Gasteiger partial charge on any atom is -0.490 e. The van der Waals surface area contributed by atoms with Crippen LogP contribution in [0.2, 0.25) is 10.0 Å². The van der Waals surface area contributed by atoms with Crippen molar-refractivity contribution in [1.82, 2.24) is 0 Å². The summed E-state index contributed by atoms with van der Waals surface area (Å²) in [5, 5.41) is 4.27. The Balaban J connectivity index is 1.92. The van der Waals surface area contributed by atoms with Gasteiger partial charge in [-0.25, -0.2) is 0 Å². The number of carbonyl (C=O) groups excluding carboxylic acids is 1. The number of amides is 1. The maximum absolute atomic E-state index is 13.4. The Morgan fingerprint density at radius 2 is 1.68 bits per heavy atom. The highest BCUT2D eigenvalue weighted by Crippen LogP contribution is 2.45. The van der Waals surface area contributed by atoms with E-state index in [1.54, 1.807) is 6.07 Å². The van der Waals surface area contributed by atoms with E-state index in [9.17, 15) is 4.79 Å². The Hall–Kier alpha value is -1.71. The Labute approximate surface area is 177 Å². The first kappa shape index (κ1) is 21.0. The minimum absolute atomic E-state index is 0.00875. The quantitative estimate of drug-likeness (QED) is 0.575. The van der Waals surface area contributed by atoms with Gasteiger partial charge in [-0.05, 0) is 81.5 Å². The molecule has 2 aromatic rings. The molecule has 1 amide bonds. The molecule has 1 saturated carbocycles. The van der Waals surface area contributed by atoms with Gasteiger partial charge in [0.1, 0.15) is 5.75 Å². The van der Waals surface area contributed by atoms with Crippen LogP contribution in [0.3, 0.4) is 0 Å². The van der Waals surface area contributed by atoms with Crippen LogP contribution in [0, 0.1) is 13.8 Å². The molecule has 1 N–H and O–H groups in total. The molecular formula is C23H27Cl2NO2. The number of anilines is 1. The molecule has 3 rings (SSSR count). The van der Waals surface area contributed by atoms with Gasteiger partial charge in [0, 0.05) is 15.7 Å². The van der Waals surface area contributed by atoms with Crippen LogP contribution in [0.15, 0.2) is 30.3 Å². The van der Waals surface area contributed by atoms with E-state index in [0.29, 0.717) is 10.0 Å². The molecule has 0 spiro atoms. The normalized spacial score (nSPS) is 15.7. The van der Waals surface area contributed by atoms with Gasteiger partial charge in [0.05, 0.1) is 11.5 Å². The SMILES string of the molecule is Cc1cc(NC(=O)C2(c3ccc(Cl)cc3Cl)CCCC2)cc(C)c1OC(C)C. The van der Waals surface area contributed by atoms with Crippen LogP contribution in [-0.2, 0) is 10.2 Å². The third-order valence-corrected chi connectivity index (χ3v) is 5.96. The van der Waals surface area contributed by atoms with Crippen LogP contribution in [0.4, 0.5) is 5.69 Å². The van der Waals surface area contributed by atoms with Crippen molar-refractivity contribution < 1.29 is 9.53 Å². The molecule has 28 heavy (non-hydrogen) atoms. The van der Waals surface area contributed by atoms with E-state index in [1.165, 1.54) is 0 Å². The van der Waals surface area contributed by atoms with Crippen molar-refractivity contribution in [3.63, 3.8) is 0 Å². The highest BCUT2D eigenvalue weighted by atomic mass is 35.5. The summed E-state index contributed by atoms with van der Waals surface area (Å²) in [4.78, 5) is 13.4. The summed E-state index contributed by atoms with van der Waals surface area (Å²) in [6.45, 7) is 8.02. The van der Waals surface area contributed by atoms with Crippen LogP contribution in [0.1, 0.15) is 56.2 Å². The Bertz CT molecular complexity index is 863. The number of hydrogen-bond donors (Lipinski definition) is 1. The summed E-state index contributed by atoms with van der Waals surface area (Å²) in [7, 11) is 0. The van der Waals surface area contributed by atoms with Gasteiger partial charge in [0.2, 0.25) is 5.91 Å². The van der Waals surface area contributed by atoms with Crippen molar-refractivity contribution >= 4 is 34.8 Å². The lowest BCUT2D eigenvalue weighted by Gasteiger charge is -2.29. The van der Waals surface area contributed by atoms with Crippen molar-refractivity contribution in [3.05, 3.63) is 57.1 Å². The zero-order valence-corrected chi connectivity index (χ0v) is 18.4. The number of rotatable bonds is 5. The van der Waals surface area contributed by atoms with Gasteiger partial charge >= 0.3 is 0 Å². The molecular weight excluding hydrogens is 393 g/mol. The molecule has 0 radical (unpaired) electrons. The summed E-state index contributed by atoms with van der Waals surface area (Å²) in [6.07, 6.45) is 3.68. The third-order valence-electron chi connectivity index (χ3n) is 5.41. The summed E-state index contributed by atoms with van der Waals surface area (Å²) in [6, 6.07) is 9.36. The average molecular weight is 420 g/mol. The second-order valence-corrected chi connectivity index (χ2v) is 8.82. The fourth-order valence-electron chi connectivity index (χ4n) is 4.17. The fraction of sp³-hybridized carbons (Fsp3) is 0.435. The predicted octanol–water partition coefficient (Wildman–Crippen LogP) is 6.85. The Morgan fingerprint density at radius 1 is 1.07 bits per heavy atom. The lowest BCUT2D eigenvalue weighted by Crippen LogP contribution is -2.38. The molecule has 150 valence electrons. The van der Waals surface area contributed by atoms with Gasteiger partial charge in [0.25, 0.3) is 0 Å².